The zero-order valence-corrected chi connectivity index (χ0v) is 14.4. The maximum atomic E-state index is 5.98. The van der Waals surface area contributed by atoms with Crippen molar-refractivity contribution < 1.29 is 0 Å². The Morgan fingerprint density at radius 2 is 1.88 bits per heavy atom. The normalized spacial score (nSPS) is 11.5. The highest BCUT2D eigenvalue weighted by molar-refractivity contribution is 5.92. The van der Waals surface area contributed by atoms with E-state index in [-0.39, 0.29) is 0 Å². The fourth-order valence-corrected chi connectivity index (χ4v) is 2.57. The Hall–Kier alpha value is -3.08. The molecule has 0 radical (unpaired) electrons. The molecule has 0 spiro atoms. The van der Waals surface area contributed by atoms with Crippen LogP contribution in [0.5, 0.6) is 0 Å². The highest BCUT2D eigenvalue weighted by Crippen LogP contribution is 2.09. The highest BCUT2D eigenvalue weighted by Gasteiger charge is 2.03. The lowest BCUT2D eigenvalue weighted by Gasteiger charge is -2.08. The third kappa shape index (κ3) is 4.94. The molecule has 2 aromatic carbocycles. The number of hydrogen-bond donors (Lipinski definition) is 2. The Morgan fingerprint density at radius 3 is 2.64 bits per heavy atom. The number of aromatic nitrogens is 2. The van der Waals surface area contributed by atoms with E-state index in [0.29, 0.717) is 12.5 Å². The van der Waals surface area contributed by atoms with Gasteiger partial charge in [0.15, 0.2) is 5.96 Å². The summed E-state index contributed by atoms with van der Waals surface area (Å²) in [5.41, 5.74) is 9.43. The number of nitrogens with two attached hydrogens (primary N) is 1. The lowest BCUT2D eigenvalue weighted by molar-refractivity contribution is 0.652. The molecule has 5 heteroatoms. The minimum Gasteiger partial charge on any atom is -0.370 e. The first kappa shape index (κ1) is 16.8. The van der Waals surface area contributed by atoms with Gasteiger partial charge in [-0.2, -0.15) is 0 Å². The summed E-state index contributed by atoms with van der Waals surface area (Å²) < 4.78 is 2.12. The second-order valence-corrected chi connectivity index (χ2v) is 5.96. The molecule has 0 amide bonds. The van der Waals surface area contributed by atoms with E-state index in [1.165, 1.54) is 11.1 Å². The Balaban J connectivity index is 1.57. The first-order valence-corrected chi connectivity index (χ1v) is 8.38. The van der Waals surface area contributed by atoms with Gasteiger partial charge in [-0.1, -0.05) is 48.0 Å². The molecule has 0 saturated carbocycles. The van der Waals surface area contributed by atoms with Crippen LogP contribution in [-0.4, -0.2) is 15.5 Å². The predicted octanol–water partition coefficient (Wildman–Crippen LogP) is 3.36. The largest absolute Gasteiger partial charge is 0.370 e. The maximum Gasteiger partial charge on any atom is 0.193 e. The number of aliphatic imine (C=N–C) groups is 1. The standard InChI is InChI=1S/C20H23N5/c1-16-7-9-18(10-8-16)24-20(21)23-15-19-22-12-14-25(19)13-11-17-5-3-2-4-6-17/h2-10,12,14H,11,13,15H2,1H3,(H3,21,23,24). The third-order valence-corrected chi connectivity index (χ3v) is 4.00. The van der Waals surface area contributed by atoms with Crippen molar-refractivity contribution in [2.75, 3.05) is 5.32 Å². The van der Waals surface area contributed by atoms with E-state index in [0.717, 1.165) is 24.5 Å². The third-order valence-electron chi connectivity index (χ3n) is 4.00. The molecule has 128 valence electrons. The Bertz CT molecular complexity index is 819. The molecule has 0 unspecified atom stereocenters. The smallest absolute Gasteiger partial charge is 0.193 e. The number of hydrogen-bond acceptors (Lipinski definition) is 2. The molecule has 0 saturated heterocycles. The quantitative estimate of drug-likeness (QED) is 0.537. The second kappa shape index (κ2) is 8.15. The zero-order valence-electron chi connectivity index (χ0n) is 14.4. The molecule has 25 heavy (non-hydrogen) atoms. The topological polar surface area (TPSA) is 68.2 Å². The molecule has 1 aromatic heterocycles. The van der Waals surface area contributed by atoms with Crippen molar-refractivity contribution in [1.29, 1.82) is 0 Å². The van der Waals surface area contributed by atoms with Crippen LogP contribution in [0, 0.1) is 6.92 Å². The van der Waals surface area contributed by atoms with Gasteiger partial charge in [-0.3, -0.25) is 0 Å². The lowest BCUT2D eigenvalue weighted by Crippen LogP contribution is -2.22. The van der Waals surface area contributed by atoms with Crippen LogP contribution in [0.15, 0.2) is 72.0 Å². The molecule has 0 aliphatic rings. The summed E-state index contributed by atoms with van der Waals surface area (Å²) >= 11 is 0. The van der Waals surface area contributed by atoms with Crippen molar-refractivity contribution in [3.05, 3.63) is 83.9 Å². The summed E-state index contributed by atoms with van der Waals surface area (Å²) in [7, 11) is 0. The molecule has 0 aliphatic heterocycles. The number of aryl methyl sites for hydroxylation is 3. The van der Waals surface area contributed by atoms with Gasteiger partial charge in [0.1, 0.15) is 12.4 Å². The summed E-state index contributed by atoms with van der Waals surface area (Å²) in [6.07, 6.45) is 4.75. The van der Waals surface area contributed by atoms with Gasteiger partial charge in [0.25, 0.3) is 0 Å². The van der Waals surface area contributed by atoms with Gasteiger partial charge in [-0.05, 0) is 31.0 Å². The number of anilines is 1. The van der Waals surface area contributed by atoms with Gasteiger partial charge in [0.05, 0.1) is 0 Å². The molecule has 5 nitrogen and oxygen atoms in total. The van der Waals surface area contributed by atoms with Crippen LogP contribution < -0.4 is 11.1 Å². The van der Waals surface area contributed by atoms with Gasteiger partial charge in [-0.25, -0.2) is 9.98 Å². The summed E-state index contributed by atoms with van der Waals surface area (Å²) in [5, 5.41) is 3.10. The minimum absolute atomic E-state index is 0.390. The Labute approximate surface area is 148 Å². The predicted molar refractivity (Wildman–Crippen MR) is 103 cm³/mol. The van der Waals surface area contributed by atoms with Gasteiger partial charge < -0.3 is 15.6 Å². The van der Waals surface area contributed by atoms with Crippen LogP contribution >= 0.6 is 0 Å². The number of nitrogens with zero attached hydrogens (tertiary/aromatic N) is 3. The Kier molecular flexibility index (Phi) is 5.46. The molecule has 3 N–H and O–H groups in total. The lowest BCUT2D eigenvalue weighted by atomic mass is 10.1. The van der Waals surface area contributed by atoms with Gasteiger partial charge >= 0.3 is 0 Å². The molecular formula is C20H23N5. The van der Waals surface area contributed by atoms with Crippen molar-refractivity contribution in [3.8, 4) is 0 Å². The number of imidazole rings is 1. The van der Waals surface area contributed by atoms with Crippen LogP contribution in [0.4, 0.5) is 5.69 Å². The number of rotatable bonds is 6. The van der Waals surface area contributed by atoms with Crippen molar-refractivity contribution >= 4 is 11.6 Å². The minimum atomic E-state index is 0.390. The first-order chi connectivity index (χ1) is 12.2. The molecule has 3 rings (SSSR count). The average Bonchev–Trinajstić information content (AvgIpc) is 3.08. The first-order valence-electron chi connectivity index (χ1n) is 8.38. The molecule has 1 heterocycles. The summed E-state index contributed by atoms with van der Waals surface area (Å²) in [6.45, 7) is 3.38. The van der Waals surface area contributed by atoms with Crippen LogP contribution in [0.2, 0.25) is 0 Å². The number of benzene rings is 2. The van der Waals surface area contributed by atoms with E-state index in [1.807, 2.05) is 36.5 Å². The van der Waals surface area contributed by atoms with E-state index >= 15 is 0 Å². The van der Waals surface area contributed by atoms with Crippen LogP contribution in [0.25, 0.3) is 0 Å². The highest BCUT2D eigenvalue weighted by atomic mass is 15.1. The molecule has 0 fully saturated rings. The average molecular weight is 333 g/mol. The van der Waals surface area contributed by atoms with Crippen molar-refractivity contribution in [2.24, 2.45) is 10.7 Å². The van der Waals surface area contributed by atoms with Crippen LogP contribution in [0.3, 0.4) is 0 Å². The maximum absolute atomic E-state index is 5.98. The fraction of sp³-hybridized carbons (Fsp3) is 0.200. The molecule has 0 aliphatic carbocycles. The molecule has 0 atom stereocenters. The van der Waals surface area contributed by atoms with Crippen molar-refractivity contribution in [3.63, 3.8) is 0 Å². The Morgan fingerprint density at radius 1 is 1.12 bits per heavy atom. The second-order valence-electron chi connectivity index (χ2n) is 5.96. The van der Waals surface area contributed by atoms with Crippen LogP contribution in [0.1, 0.15) is 17.0 Å². The van der Waals surface area contributed by atoms with Crippen LogP contribution in [-0.2, 0) is 19.5 Å². The number of guanidine groups is 1. The van der Waals surface area contributed by atoms with E-state index in [9.17, 15) is 0 Å². The summed E-state index contributed by atoms with van der Waals surface area (Å²) in [4.78, 5) is 8.79. The van der Waals surface area contributed by atoms with Gasteiger partial charge in [-0.15, -0.1) is 0 Å². The van der Waals surface area contributed by atoms with Gasteiger partial charge in [0, 0.05) is 24.6 Å². The molecule has 0 bridgehead atoms. The van der Waals surface area contributed by atoms with E-state index in [2.05, 4.69) is 51.0 Å². The van der Waals surface area contributed by atoms with Crippen molar-refractivity contribution in [1.82, 2.24) is 9.55 Å². The molecule has 3 aromatic rings. The summed E-state index contributed by atoms with van der Waals surface area (Å²) in [6, 6.07) is 18.5. The van der Waals surface area contributed by atoms with Crippen molar-refractivity contribution in [2.45, 2.75) is 26.4 Å². The molecular weight excluding hydrogens is 310 g/mol. The van der Waals surface area contributed by atoms with E-state index in [4.69, 9.17) is 5.73 Å². The SMILES string of the molecule is Cc1ccc(NC(N)=NCc2nccn2CCc2ccccc2)cc1. The van der Waals surface area contributed by atoms with E-state index in [1.54, 1.807) is 6.20 Å². The van der Waals surface area contributed by atoms with Gasteiger partial charge in [0.2, 0.25) is 0 Å². The number of nitrogens with one attached hydrogen (secondary N) is 1. The zero-order chi connectivity index (χ0) is 17.5. The fourth-order valence-electron chi connectivity index (χ4n) is 2.57. The monoisotopic (exact) mass is 333 g/mol. The summed E-state index contributed by atoms with van der Waals surface area (Å²) in [5.74, 6) is 1.30. The van der Waals surface area contributed by atoms with E-state index < -0.39 is 0 Å².